The van der Waals surface area contributed by atoms with Crippen LogP contribution in [-0.2, 0) is 4.79 Å². The highest BCUT2D eigenvalue weighted by Gasteiger charge is 2.18. The van der Waals surface area contributed by atoms with Gasteiger partial charge < -0.3 is 20.6 Å². The molecule has 1 heterocycles. The van der Waals surface area contributed by atoms with Gasteiger partial charge in [0.15, 0.2) is 0 Å². The molecule has 1 aliphatic heterocycles. The predicted octanol–water partition coefficient (Wildman–Crippen LogP) is 1.02. The minimum Gasteiger partial charge on any atom is -0.481 e. The molecular weight excluding hydrogens is 246 g/mol. The first-order valence-electron chi connectivity index (χ1n) is 7.03. The molecule has 0 saturated carbocycles. The van der Waals surface area contributed by atoms with E-state index in [0.29, 0.717) is 32.0 Å². The Kier molecular flexibility index (Phi) is 7.25. The molecular formula is C13H25N3O3. The minimum atomic E-state index is -0.787. The Morgan fingerprint density at radius 3 is 2.74 bits per heavy atom. The summed E-state index contributed by atoms with van der Waals surface area (Å²) < 4.78 is 0. The molecule has 0 bridgehead atoms. The van der Waals surface area contributed by atoms with E-state index in [1.54, 1.807) is 0 Å². The van der Waals surface area contributed by atoms with E-state index in [2.05, 4.69) is 22.6 Å². The average molecular weight is 271 g/mol. The fraction of sp³-hybridized carbons (Fsp3) is 0.846. The maximum atomic E-state index is 11.5. The standard InChI is InChI=1S/C13H25N3O3/c1-16-9-5-3-6-11(16)10-15-13(19)14-8-4-2-7-12(17)18/h11H,2-10H2,1H3,(H,17,18)(H2,14,15,19). The number of carboxylic acid groups (broad SMARTS) is 1. The molecule has 0 aromatic heterocycles. The summed E-state index contributed by atoms with van der Waals surface area (Å²) in [6, 6.07) is 0.279. The van der Waals surface area contributed by atoms with Crippen molar-refractivity contribution in [3.63, 3.8) is 0 Å². The van der Waals surface area contributed by atoms with Gasteiger partial charge in [0.1, 0.15) is 0 Å². The van der Waals surface area contributed by atoms with E-state index in [1.165, 1.54) is 12.8 Å². The van der Waals surface area contributed by atoms with Crippen LogP contribution in [0, 0.1) is 0 Å². The number of likely N-dealkylation sites (N-methyl/N-ethyl adjacent to an activating group) is 1. The van der Waals surface area contributed by atoms with Crippen LogP contribution in [0.15, 0.2) is 0 Å². The van der Waals surface area contributed by atoms with Gasteiger partial charge >= 0.3 is 12.0 Å². The van der Waals surface area contributed by atoms with Crippen LogP contribution in [0.1, 0.15) is 38.5 Å². The fourth-order valence-electron chi connectivity index (χ4n) is 2.28. The third-order valence-electron chi connectivity index (χ3n) is 3.52. The molecule has 19 heavy (non-hydrogen) atoms. The molecule has 0 aromatic carbocycles. The van der Waals surface area contributed by atoms with Gasteiger partial charge in [-0.2, -0.15) is 0 Å². The number of carboxylic acids is 1. The van der Waals surface area contributed by atoms with Gasteiger partial charge in [-0.3, -0.25) is 4.79 Å². The van der Waals surface area contributed by atoms with Crippen LogP contribution in [-0.4, -0.2) is 54.7 Å². The maximum Gasteiger partial charge on any atom is 0.314 e. The summed E-state index contributed by atoms with van der Waals surface area (Å²) in [5.41, 5.74) is 0. The number of carbonyl (C=O) groups is 2. The van der Waals surface area contributed by atoms with Crippen molar-refractivity contribution in [2.24, 2.45) is 0 Å². The number of likely N-dealkylation sites (tertiary alicyclic amines) is 1. The zero-order valence-electron chi connectivity index (χ0n) is 11.7. The Morgan fingerprint density at radius 2 is 2.05 bits per heavy atom. The quantitative estimate of drug-likeness (QED) is 0.604. The van der Waals surface area contributed by atoms with Crippen molar-refractivity contribution in [1.82, 2.24) is 15.5 Å². The zero-order chi connectivity index (χ0) is 14.1. The summed E-state index contributed by atoms with van der Waals surface area (Å²) >= 11 is 0. The van der Waals surface area contributed by atoms with Gasteiger partial charge in [-0.25, -0.2) is 4.79 Å². The second-order valence-electron chi connectivity index (χ2n) is 5.12. The van der Waals surface area contributed by atoms with Gasteiger partial charge in [-0.1, -0.05) is 6.42 Å². The second-order valence-corrected chi connectivity index (χ2v) is 5.12. The number of nitrogens with one attached hydrogen (secondary N) is 2. The lowest BCUT2D eigenvalue weighted by atomic mass is 10.0. The topological polar surface area (TPSA) is 81.7 Å². The fourth-order valence-corrected chi connectivity index (χ4v) is 2.28. The molecule has 6 nitrogen and oxygen atoms in total. The summed E-state index contributed by atoms with van der Waals surface area (Å²) in [4.78, 5) is 24.1. The highest BCUT2D eigenvalue weighted by molar-refractivity contribution is 5.73. The van der Waals surface area contributed by atoms with E-state index in [1.807, 2.05) is 0 Å². The van der Waals surface area contributed by atoms with Crippen molar-refractivity contribution in [3.05, 3.63) is 0 Å². The normalized spacial score (nSPS) is 19.9. The lowest BCUT2D eigenvalue weighted by Crippen LogP contribution is -2.47. The molecule has 2 amide bonds. The van der Waals surface area contributed by atoms with Gasteiger partial charge in [0, 0.05) is 25.6 Å². The van der Waals surface area contributed by atoms with Crippen LogP contribution in [0.5, 0.6) is 0 Å². The molecule has 1 fully saturated rings. The Hall–Kier alpha value is -1.30. The molecule has 0 aliphatic carbocycles. The van der Waals surface area contributed by atoms with Crippen LogP contribution < -0.4 is 10.6 Å². The van der Waals surface area contributed by atoms with Crippen molar-refractivity contribution >= 4 is 12.0 Å². The third-order valence-corrected chi connectivity index (χ3v) is 3.52. The van der Waals surface area contributed by atoms with Crippen LogP contribution >= 0.6 is 0 Å². The lowest BCUT2D eigenvalue weighted by molar-refractivity contribution is -0.137. The molecule has 1 aliphatic rings. The van der Waals surface area contributed by atoms with E-state index >= 15 is 0 Å². The highest BCUT2D eigenvalue weighted by Crippen LogP contribution is 2.13. The number of rotatable bonds is 7. The summed E-state index contributed by atoms with van der Waals surface area (Å²) in [6.07, 6.45) is 5.06. The number of aliphatic carboxylic acids is 1. The first-order chi connectivity index (χ1) is 9.09. The predicted molar refractivity (Wildman–Crippen MR) is 73.2 cm³/mol. The van der Waals surface area contributed by atoms with Crippen LogP contribution in [0.4, 0.5) is 4.79 Å². The summed E-state index contributed by atoms with van der Waals surface area (Å²) in [7, 11) is 2.09. The number of carbonyl (C=O) groups excluding carboxylic acids is 1. The zero-order valence-corrected chi connectivity index (χ0v) is 11.7. The molecule has 1 rings (SSSR count). The van der Waals surface area contributed by atoms with Crippen molar-refractivity contribution in [3.8, 4) is 0 Å². The van der Waals surface area contributed by atoms with Crippen molar-refractivity contribution in [2.45, 2.75) is 44.6 Å². The van der Waals surface area contributed by atoms with E-state index in [-0.39, 0.29) is 12.5 Å². The Labute approximate surface area is 114 Å². The monoisotopic (exact) mass is 271 g/mol. The molecule has 1 atom stereocenters. The molecule has 6 heteroatoms. The molecule has 0 aromatic rings. The van der Waals surface area contributed by atoms with Crippen molar-refractivity contribution < 1.29 is 14.7 Å². The largest absolute Gasteiger partial charge is 0.481 e. The lowest BCUT2D eigenvalue weighted by Gasteiger charge is -2.32. The molecule has 0 spiro atoms. The van der Waals surface area contributed by atoms with Crippen LogP contribution in [0.2, 0.25) is 0 Å². The second kappa shape index (κ2) is 8.74. The van der Waals surface area contributed by atoms with Gasteiger partial charge in [-0.05, 0) is 39.3 Å². The van der Waals surface area contributed by atoms with Gasteiger partial charge in [0.25, 0.3) is 0 Å². The van der Waals surface area contributed by atoms with Gasteiger partial charge in [-0.15, -0.1) is 0 Å². The number of piperidine rings is 1. The van der Waals surface area contributed by atoms with Crippen molar-refractivity contribution in [1.29, 1.82) is 0 Å². The number of nitrogens with zero attached hydrogens (tertiary/aromatic N) is 1. The number of unbranched alkanes of at least 4 members (excludes halogenated alkanes) is 1. The van der Waals surface area contributed by atoms with E-state index in [0.717, 1.165) is 13.0 Å². The Morgan fingerprint density at radius 1 is 1.26 bits per heavy atom. The first-order valence-corrected chi connectivity index (χ1v) is 7.03. The number of urea groups is 1. The van der Waals surface area contributed by atoms with Gasteiger partial charge in [0.2, 0.25) is 0 Å². The number of hydrogen-bond acceptors (Lipinski definition) is 3. The van der Waals surface area contributed by atoms with Crippen LogP contribution in [0.25, 0.3) is 0 Å². The number of hydrogen-bond donors (Lipinski definition) is 3. The van der Waals surface area contributed by atoms with Gasteiger partial charge in [0.05, 0.1) is 0 Å². The summed E-state index contributed by atoms with van der Waals surface area (Å²) in [5.74, 6) is -0.787. The molecule has 1 saturated heterocycles. The molecule has 110 valence electrons. The highest BCUT2D eigenvalue weighted by atomic mass is 16.4. The SMILES string of the molecule is CN1CCCCC1CNC(=O)NCCCCC(=O)O. The first kappa shape index (κ1) is 15.8. The Bertz CT molecular complexity index is 297. The van der Waals surface area contributed by atoms with E-state index in [9.17, 15) is 9.59 Å². The minimum absolute atomic E-state index is 0.158. The average Bonchev–Trinajstić information content (AvgIpc) is 2.37. The third kappa shape index (κ3) is 7.00. The molecule has 3 N–H and O–H groups in total. The molecule has 0 radical (unpaired) electrons. The summed E-state index contributed by atoms with van der Waals surface area (Å²) in [5, 5.41) is 14.1. The molecule has 1 unspecified atom stereocenters. The number of amides is 2. The van der Waals surface area contributed by atoms with Crippen molar-refractivity contribution in [2.75, 3.05) is 26.7 Å². The van der Waals surface area contributed by atoms with Crippen LogP contribution in [0.3, 0.4) is 0 Å². The Balaban J connectivity index is 2.02. The van der Waals surface area contributed by atoms with E-state index in [4.69, 9.17) is 5.11 Å². The van der Waals surface area contributed by atoms with E-state index < -0.39 is 5.97 Å². The maximum absolute atomic E-state index is 11.5. The smallest absolute Gasteiger partial charge is 0.314 e. The summed E-state index contributed by atoms with van der Waals surface area (Å²) in [6.45, 7) is 2.31.